The Hall–Kier alpha value is -4.30. The number of benzene rings is 2. The van der Waals surface area contributed by atoms with E-state index >= 15 is 0 Å². The van der Waals surface area contributed by atoms with Crippen molar-refractivity contribution in [2.75, 3.05) is 39.8 Å². The summed E-state index contributed by atoms with van der Waals surface area (Å²) >= 11 is 0. The number of nitrogens with zero attached hydrogens (tertiary/aromatic N) is 4. The number of carbonyl (C=O) groups is 3. The number of H-pyrrole nitrogens is 1. The molecule has 14 heteroatoms. The fourth-order valence-electron chi connectivity index (χ4n) is 4.92. The third-order valence-electron chi connectivity index (χ3n) is 7.35. The lowest BCUT2D eigenvalue weighted by Crippen LogP contribution is -2.39. The summed E-state index contributed by atoms with van der Waals surface area (Å²) in [5.74, 6) is -2.88. The number of nitrogens with one attached hydrogen (secondary N) is 1. The van der Waals surface area contributed by atoms with Gasteiger partial charge in [0, 0.05) is 45.3 Å². The first-order valence-electron chi connectivity index (χ1n) is 14.1. The van der Waals surface area contributed by atoms with Gasteiger partial charge in [0.25, 0.3) is 11.5 Å². The van der Waals surface area contributed by atoms with Gasteiger partial charge < -0.3 is 25.0 Å². The number of likely N-dealkylation sites (tertiary alicyclic amines) is 1. The van der Waals surface area contributed by atoms with Gasteiger partial charge in [-0.3, -0.25) is 19.3 Å². The second-order valence-corrected chi connectivity index (χ2v) is 10.4. The van der Waals surface area contributed by atoms with E-state index in [4.69, 9.17) is 9.90 Å². The number of aromatic amines is 1. The van der Waals surface area contributed by atoms with Crippen LogP contribution in [0.15, 0.2) is 53.5 Å². The highest BCUT2D eigenvalue weighted by atomic mass is 19.4. The van der Waals surface area contributed by atoms with Crippen LogP contribution in [0.4, 0.5) is 13.2 Å². The number of likely N-dealkylation sites (N-methyl/N-ethyl adjacent to an activating group) is 1. The molecule has 2 aromatic carbocycles. The number of amides is 2. The van der Waals surface area contributed by atoms with Crippen LogP contribution in [0.3, 0.4) is 0 Å². The molecule has 1 fully saturated rings. The molecule has 0 spiro atoms. The number of aliphatic carboxylic acids is 1. The van der Waals surface area contributed by atoms with Gasteiger partial charge in [-0.2, -0.15) is 13.2 Å². The Kier molecular flexibility index (Phi) is 11.6. The maximum absolute atomic E-state index is 13.5. The van der Waals surface area contributed by atoms with E-state index in [1.807, 2.05) is 44.2 Å². The van der Waals surface area contributed by atoms with E-state index in [2.05, 4.69) is 14.9 Å². The number of fused-ring (bicyclic) bond motifs is 1. The Morgan fingerprint density at radius 2 is 1.82 bits per heavy atom. The van der Waals surface area contributed by atoms with Crippen LogP contribution in [0.25, 0.3) is 11.0 Å². The fourth-order valence-corrected chi connectivity index (χ4v) is 4.92. The number of halogens is 3. The van der Waals surface area contributed by atoms with Crippen LogP contribution in [0.1, 0.15) is 47.8 Å². The van der Waals surface area contributed by atoms with Crippen molar-refractivity contribution >= 4 is 28.8 Å². The molecule has 11 nitrogen and oxygen atoms in total. The average molecular weight is 620 g/mol. The van der Waals surface area contributed by atoms with Crippen LogP contribution in [0.2, 0.25) is 0 Å². The van der Waals surface area contributed by atoms with Gasteiger partial charge in [0.15, 0.2) is 0 Å². The molecule has 1 aliphatic rings. The first kappa shape index (κ1) is 34.2. The first-order valence-corrected chi connectivity index (χ1v) is 14.1. The maximum Gasteiger partial charge on any atom is 0.490 e. The molecule has 3 N–H and O–H groups in total. The van der Waals surface area contributed by atoms with Crippen molar-refractivity contribution in [1.29, 1.82) is 0 Å². The van der Waals surface area contributed by atoms with Crippen molar-refractivity contribution in [2.24, 2.45) is 0 Å². The molecule has 1 saturated heterocycles. The van der Waals surface area contributed by atoms with Crippen molar-refractivity contribution in [3.8, 4) is 0 Å². The van der Waals surface area contributed by atoms with E-state index in [0.29, 0.717) is 49.2 Å². The van der Waals surface area contributed by atoms with Crippen LogP contribution in [-0.4, -0.2) is 105 Å². The van der Waals surface area contributed by atoms with Gasteiger partial charge in [-0.1, -0.05) is 18.2 Å². The quantitative estimate of drug-likeness (QED) is 0.332. The van der Waals surface area contributed by atoms with Crippen LogP contribution >= 0.6 is 0 Å². The predicted octanol–water partition coefficient (Wildman–Crippen LogP) is 2.85. The van der Waals surface area contributed by atoms with Gasteiger partial charge >= 0.3 is 12.1 Å². The zero-order valence-electron chi connectivity index (χ0n) is 24.7. The van der Waals surface area contributed by atoms with Gasteiger partial charge in [0.05, 0.1) is 35.8 Å². The molecule has 1 aliphatic heterocycles. The smallest absolute Gasteiger partial charge is 0.475 e. The minimum atomic E-state index is -5.08. The Balaban J connectivity index is 0.000000676. The number of rotatable bonds is 9. The highest BCUT2D eigenvalue weighted by molar-refractivity contribution is 5.94. The Morgan fingerprint density at radius 3 is 2.41 bits per heavy atom. The molecule has 2 atom stereocenters. The minimum absolute atomic E-state index is 0.0325. The fraction of sp³-hybridized carbons (Fsp3) is 0.433. The molecule has 1 aromatic heterocycles. The summed E-state index contributed by atoms with van der Waals surface area (Å²) in [4.78, 5) is 59.6. The van der Waals surface area contributed by atoms with Crippen molar-refractivity contribution in [3.05, 3.63) is 75.7 Å². The van der Waals surface area contributed by atoms with E-state index in [0.717, 1.165) is 17.7 Å². The molecule has 3 aromatic rings. The normalized spacial score (nSPS) is 15.8. The number of carboxylic acids is 1. The lowest BCUT2D eigenvalue weighted by Gasteiger charge is -2.32. The summed E-state index contributed by atoms with van der Waals surface area (Å²) in [6, 6.07) is 12.6. The summed E-state index contributed by atoms with van der Waals surface area (Å²) in [5, 5.41) is 17.2. The number of hydrogen-bond acceptors (Lipinski definition) is 7. The average Bonchev–Trinajstić information content (AvgIpc) is 3.40. The molecular weight excluding hydrogens is 583 g/mol. The molecule has 0 saturated carbocycles. The van der Waals surface area contributed by atoms with E-state index in [1.165, 1.54) is 6.20 Å². The first-order chi connectivity index (χ1) is 20.7. The molecular formula is C30H36F3N5O6. The summed E-state index contributed by atoms with van der Waals surface area (Å²) in [7, 11) is 1.78. The number of aromatic nitrogens is 2. The molecule has 238 valence electrons. The maximum atomic E-state index is 13.5. The van der Waals surface area contributed by atoms with Crippen LogP contribution < -0.4 is 5.56 Å². The van der Waals surface area contributed by atoms with Gasteiger partial charge in [-0.05, 0) is 55.7 Å². The van der Waals surface area contributed by atoms with Gasteiger partial charge in [0.1, 0.15) is 0 Å². The zero-order chi connectivity index (χ0) is 32.6. The third kappa shape index (κ3) is 9.10. The number of alkyl halides is 3. The van der Waals surface area contributed by atoms with E-state index < -0.39 is 12.1 Å². The summed E-state index contributed by atoms with van der Waals surface area (Å²) in [5.41, 5.74) is 3.20. The third-order valence-corrected chi connectivity index (χ3v) is 7.35. The number of β-amino-alcohol motifs (C(OH)–C–C–N with tert-alkyl or cyclic N) is 1. The molecule has 2 heterocycles. The molecule has 1 unspecified atom stereocenters. The summed E-state index contributed by atoms with van der Waals surface area (Å²) in [6.45, 7) is 7.02. The topological polar surface area (TPSA) is 147 Å². The van der Waals surface area contributed by atoms with Crippen molar-refractivity contribution in [2.45, 2.75) is 45.0 Å². The highest BCUT2D eigenvalue weighted by Crippen LogP contribution is 2.26. The molecule has 2 amide bonds. The number of aliphatic hydroxyl groups excluding tert-OH is 1. The van der Waals surface area contributed by atoms with Gasteiger partial charge in [-0.15, -0.1) is 0 Å². The van der Waals surface area contributed by atoms with Crippen molar-refractivity contribution in [1.82, 2.24) is 24.7 Å². The molecule has 0 bridgehead atoms. The molecule has 0 aliphatic carbocycles. The lowest BCUT2D eigenvalue weighted by atomic mass is 10.0. The van der Waals surface area contributed by atoms with Crippen molar-refractivity contribution < 1.29 is 37.8 Å². The minimum Gasteiger partial charge on any atom is -0.475 e. The van der Waals surface area contributed by atoms with E-state index in [1.54, 1.807) is 29.0 Å². The van der Waals surface area contributed by atoms with E-state index in [-0.39, 0.29) is 35.9 Å². The van der Waals surface area contributed by atoms with Gasteiger partial charge in [-0.25, -0.2) is 9.78 Å². The Morgan fingerprint density at radius 1 is 1.14 bits per heavy atom. The predicted molar refractivity (Wildman–Crippen MR) is 156 cm³/mol. The van der Waals surface area contributed by atoms with Crippen LogP contribution in [-0.2, 0) is 16.0 Å². The number of aliphatic hydroxyl groups is 1. The van der Waals surface area contributed by atoms with Crippen molar-refractivity contribution in [3.63, 3.8) is 0 Å². The number of hydrogen-bond donors (Lipinski definition) is 3. The monoisotopic (exact) mass is 619 g/mol. The number of carbonyl (C=O) groups excluding carboxylic acids is 2. The highest BCUT2D eigenvalue weighted by Gasteiger charge is 2.38. The Bertz CT molecular complexity index is 1520. The van der Waals surface area contributed by atoms with E-state index in [9.17, 15) is 32.7 Å². The van der Waals surface area contributed by atoms with Gasteiger partial charge in [0.2, 0.25) is 5.91 Å². The number of carboxylic acid groups (broad SMARTS) is 1. The van der Waals surface area contributed by atoms with Crippen LogP contribution in [0, 0.1) is 0 Å². The van der Waals surface area contributed by atoms with Crippen LogP contribution in [0.5, 0.6) is 0 Å². The second kappa shape index (κ2) is 14.9. The summed E-state index contributed by atoms with van der Waals surface area (Å²) in [6.07, 6.45) is -3.36. The molecule has 44 heavy (non-hydrogen) atoms. The standard InChI is InChI=1S/C28H35N5O4.C2HF3O2/c1-4-33(5-2)28(37)21-8-6-7-20(15-21)25(18-32-12-11-22(34)17-32)31(3)27(36)14-19-9-10-23-24(13-19)30-26(35)16-29-23;3-2(4,5)1(6)7/h6-10,13,15-16,22,25,34H,4-5,11-12,14,17-18H2,1-3H3,(H,30,35);(H,6,7)/t22?,25-;/m1./s1. The largest absolute Gasteiger partial charge is 0.490 e. The SMILES string of the molecule is CCN(CC)C(=O)c1cccc([C@@H](CN2CCC(O)C2)N(C)C(=O)Cc2ccc3ncc(=O)[nH]c3c2)c1.O=C(O)C(F)(F)F. The Labute approximate surface area is 251 Å². The molecule has 0 radical (unpaired) electrons. The lowest BCUT2D eigenvalue weighted by molar-refractivity contribution is -0.192. The zero-order valence-corrected chi connectivity index (χ0v) is 24.7. The molecule has 4 rings (SSSR count). The second-order valence-electron chi connectivity index (χ2n) is 10.4. The summed E-state index contributed by atoms with van der Waals surface area (Å²) < 4.78 is 31.7.